The molecular weight excluding hydrogens is 360 g/mol. The fourth-order valence-corrected chi connectivity index (χ4v) is 3.81. The Morgan fingerprint density at radius 3 is 2.27 bits per heavy atom. The minimum Gasteiger partial charge on any atom is -0.477 e. The van der Waals surface area contributed by atoms with Gasteiger partial charge in [0.1, 0.15) is 5.56 Å². The van der Waals surface area contributed by atoms with Crippen LogP contribution >= 0.6 is 0 Å². The predicted molar refractivity (Wildman–Crippen MR) is 95.6 cm³/mol. The third-order valence-corrected chi connectivity index (χ3v) is 5.10. The quantitative estimate of drug-likeness (QED) is 0.608. The number of sulfonamides is 1. The molecule has 2 N–H and O–H groups in total. The van der Waals surface area contributed by atoms with E-state index in [4.69, 9.17) is 5.11 Å². The summed E-state index contributed by atoms with van der Waals surface area (Å²) in [5.41, 5.74) is -0.902. The minimum absolute atomic E-state index is 0.00916. The molecular formula is C17H18N2O6S. The molecule has 0 aliphatic carbocycles. The molecule has 2 aromatic rings. The molecule has 8 nitrogen and oxygen atoms in total. The largest absolute Gasteiger partial charge is 0.477 e. The minimum atomic E-state index is -3.77. The molecule has 0 atom stereocenters. The van der Waals surface area contributed by atoms with Crippen LogP contribution in [0.1, 0.15) is 31.1 Å². The highest BCUT2D eigenvalue weighted by molar-refractivity contribution is 7.89. The summed E-state index contributed by atoms with van der Waals surface area (Å²) < 4.78 is 27.4. The van der Waals surface area contributed by atoms with Gasteiger partial charge in [-0.25, -0.2) is 17.9 Å². The average molecular weight is 378 g/mol. The van der Waals surface area contributed by atoms with E-state index in [9.17, 15) is 23.3 Å². The van der Waals surface area contributed by atoms with Crippen LogP contribution < -0.4 is 4.72 Å². The maximum Gasteiger partial charge on any atom is 0.342 e. The van der Waals surface area contributed by atoms with Gasteiger partial charge in [0.05, 0.1) is 9.82 Å². The Labute approximate surface area is 150 Å². The van der Waals surface area contributed by atoms with E-state index in [1.807, 2.05) is 0 Å². The summed E-state index contributed by atoms with van der Waals surface area (Å²) in [6.45, 7) is 5.13. The Morgan fingerprint density at radius 1 is 1.12 bits per heavy atom. The van der Waals surface area contributed by atoms with Crippen molar-refractivity contribution in [3.63, 3.8) is 0 Å². The average Bonchev–Trinajstić information content (AvgIpc) is 2.52. The zero-order valence-electron chi connectivity index (χ0n) is 14.4. The first-order valence-corrected chi connectivity index (χ1v) is 9.05. The number of nitrogens with one attached hydrogen (secondary N) is 1. The van der Waals surface area contributed by atoms with Crippen molar-refractivity contribution in [2.24, 2.45) is 0 Å². The highest BCUT2D eigenvalue weighted by Gasteiger charge is 2.23. The van der Waals surface area contributed by atoms with Gasteiger partial charge in [-0.05, 0) is 50.1 Å². The molecule has 9 heteroatoms. The topological polar surface area (TPSA) is 127 Å². The molecule has 0 unspecified atom stereocenters. The van der Waals surface area contributed by atoms with Crippen LogP contribution in [0.25, 0.3) is 11.1 Å². The number of aromatic carboxylic acids is 1. The highest BCUT2D eigenvalue weighted by atomic mass is 32.2. The van der Waals surface area contributed by atoms with E-state index in [-0.39, 0.29) is 4.90 Å². The van der Waals surface area contributed by atoms with Crippen LogP contribution in [0.2, 0.25) is 0 Å². The maximum atomic E-state index is 12.5. The van der Waals surface area contributed by atoms with Crippen molar-refractivity contribution >= 4 is 21.7 Å². The number of benzene rings is 2. The van der Waals surface area contributed by atoms with Crippen LogP contribution in [0.15, 0.2) is 47.4 Å². The molecule has 0 radical (unpaired) electrons. The first kappa shape index (κ1) is 19.5. The number of rotatable bonds is 5. The van der Waals surface area contributed by atoms with Gasteiger partial charge in [0.2, 0.25) is 10.0 Å². The SMILES string of the molecule is CC(C)(C)NS(=O)(=O)c1cccc(-c2ccc(C(=O)O)c([N+](=O)[O-])c2)c1. The lowest BCUT2D eigenvalue weighted by molar-refractivity contribution is -0.385. The monoisotopic (exact) mass is 378 g/mol. The molecule has 0 aliphatic rings. The maximum absolute atomic E-state index is 12.5. The Hall–Kier alpha value is -2.78. The number of carboxylic acid groups (broad SMARTS) is 1. The number of hydrogen-bond acceptors (Lipinski definition) is 5. The van der Waals surface area contributed by atoms with Gasteiger partial charge in [-0.1, -0.05) is 18.2 Å². The van der Waals surface area contributed by atoms with Crippen LogP contribution in [0.5, 0.6) is 0 Å². The van der Waals surface area contributed by atoms with Crippen LogP contribution in [-0.2, 0) is 10.0 Å². The Morgan fingerprint density at radius 2 is 1.73 bits per heavy atom. The Balaban J connectivity index is 2.53. The zero-order chi connectivity index (χ0) is 19.7. The van der Waals surface area contributed by atoms with E-state index in [2.05, 4.69) is 4.72 Å². The van der Waals surface area contributed by atoms with Gasteiger partial charge in [0.15, 0.2) is 0 Å². The molecule has 0 saturated heterocycles. The summed E-state index contributed by atoms with van der Waals surface area (Å²) in [6.07, 6.45) is 0. The van der Waals surface area contributed by atoms with E-state index >= 15 is 0 Å². The summed E-state index contributed by atoms with van der Waals surface area (Å²) >= 11 is 0. The second-order valence-corrected chi connectivity index (χ2v) is 8.36. The number of nitrogens with zero attached hydrogens (tertiary/aromatic N) is 1. The number of carbonyl (C=O) groups is 1. The molecule has 0 bridgehead atoms. The first-order chi connectivity index (χ1) is 11.9. The van der Waals surface area contributed by atoms with Crippen molar-refractivity contribution < 1.29 is 23.2 Å². The van der Waals surface area contributed by atoms with Gasteiger partial charge < -0.3 is 5.11 Å². The molecule has 138 valence electrons. The molecule has 0 spiro atoms. The molecule has 0 saturated carbocycles. The number of nitro groups is 1. The van der Waals surface area contributed by atoms with Gasteiger partial charge in [0, 0.05) is 11.6 Å². The van der Waals surface area contributed by atoms with E-state index in [1.165, 1.54) is 24.3 Å². The summed E-state index contributed by atoms with van der Waals surface area (Å²) in [5, 5.41) is 20.2. The smallest absolute Gasteiger partial charge is 0.342 e. The van der Waals surface area contributed by atoms with Crippen molar-refractivity contribution in [1.29, 1.82) is 0 Å². The summed E-state index contributed by atoms with van der Waals surface area (Å²) in [4.78, 5) is 21.5. The van der Waals surface area contributed by atoms with Crippen LogP contribution in [0, 0.1) is 10.1 Å². The predicted octanol–water partition coefficient (Wildman–Crippen LogP) is 3.04. The van der Waals surface area contributed by atoms with Crippen LogP contribution in [0.4, 0.5) is 5.69 Å². The van der Waals surface area contributed by atoms with Gasteiger partial charge in [-0.15, -0.1) is 0 Å². The van der Waals surface area contributed by atoms with Crippen molar-refractivity contribution in [2.45, 2.75) is 31.2 Å². The lowest BCUT2D eigenvalue weighted by atomic mass is 10.0. The molecule has 2 rings (SSSR count). The van der Waals surface area contributed by atoms with Gasteiger partial charge in [0.25, 0.3) is 5.69 Å². The molecule has 0 amide bonds. The molecule has 0 heterocycles. The summed E-state index contributed by atoms with van der Waals surface area (Å²) in [6, 6.07) is 9.56. The fraction of sp³-hybridized carbons (Fsp3) is 0.235. The lowest BCUT2D eigenvalue weighted by Crippen LogP contribution is -2.40. The van der Waals surface area contributed by atoms with E-state index in [0.717, 1.165) is 12.1 Å². The molecule has 2 aromatic carbocycles. The number of nitro benzene ring substituents is 1. The molecule has 0 aromatic heterocycles. The van der Waals surface area contributed by atoms with Crippen molar-refractivity contribution in [3.05, 3.63) is 58.1 Å². The van der Waals surface area contributed by atoms with Crippen LogP contribution in [0.3, 0.4) is 0 Å². The standard InChI is InChI=1S/C17H18N2O6S/c1-17(2,3)18-26(24,25)13-6-4-5-11(9-13)12-7-8-14(16(20)21)15(10-12)19(22)23/h4-10,18H,1-3H3,(H,20,21). The van der Waals surface area contributed by atoms with Gasteiger partial charge >= 0.3 is 5.97 Å². The normalized spacial score (nSPS) is 12.0. The van der Waals surface area contributed by atoms with Gasteiger partial charge in [-0.3, -0.25) is 10.1 Å². The second kappa shape index (κ2) is 6.85. The van der Waals surface area contributed by atoms with Crippen molar-refractivity contribution in [3.8, 4) is 11.1 Å². The molecule has 0 aliphatic heterocycles. The van der Waals surface area contributed by atoms with E-state index in [0.29, 0.717) is 11.1 Å². The zero-order valence-corrected chi connectivity index (χ0v) is 15.2. The van der Waals surface area contributed by atoms with Crippen molar-refractivity contribution in [1.82, 2.24) is 4.72 Å². The van der Waals surface area contributed by atoms with Crippen molar-refractivity contribution in [2.75, 3.05) is 0 Å². The molecule has 0 fully saturated rings. The Kier molecular flexibility index (Phi) is 5.15. The third kappa shape index (κ3) is 4.44. The number of carboxylic acids is 1. The van der Waals surface area contributed by atoms with E-state index in [1.54, 1.807) is 26.8 Å². The molecule has 26 heavy (non-hydrogen) atoms. The van der Waals surface area contributed by atoms with Crippen LogP contribution in [-0.4, -0.2) is 30.0 Å². The van der Waals surface area contributed by atoms with E-state index < -0.39 is 37.7 Å². The highest BCUT2D eigenvalue weighted by Crippen LogP contribution is 2.29. The summed E-state index contributed by atoms with van der Waals surface area (Å²) in [5.74, 6) is -1.41. The lowest BCUT2D eigenvalue weighted by Gasteiger charge is -2.20. The first-order valence-electron chi connectivity index (χ1n) is 7.57. The summed E-state index contributed by atoms with van der Waals surface area (Å²) in [7, 11) is -3.77. The third-order valence-electron chi connectivity index (χ3n) is 3.34. The fourth-order valence-electron chi connectivity index (χ4n) is 2.35. The second-order valence-electron chi connectivity index (χ2n) is 6.68. The number of hydrogen-bond donors (Lipinski definition) is 2. The van der Waals surface area contributed by atoms with Gasteiger partial charge in [-0.2, -0.15) is 0 Å². The Bertz CT molecular complexity index is 977.